The van der Waals surface area contributed by atoms with Gasteiger partial charge in [-0.3, -0.25) is 4.98 Å². The molecular weight excluding hydrogens is 200 g/mol. The SMILES string of the molecule is Nc1ncc(-c2ccc3cccnc3c2)[nH]1. The maximum atomic E-state index is 5.55. The summed E-state index contributed by atoms with van der Waals surface area (Å²) in [5.41, 5.74) is 8.46. The van der Waals surface area contributed by atoms with Crippen LogP contribution in [0.3, 0.4) is 0 Å². The van der Waals surface area contributed by atoms with Crippen LogP contribution >= 0.6 is 0 Å². The molecule has 3 N–H and O–H groups in total. The van der Waals surface area contributed by atoms with Gasteiger partial charge in [-0.15, -0.1) is 0 Å². The number of hydrogen-bond donors (Lipinski definition) is 2. The summed E-state index contributed by atoms with van der Waals surface area (Å²) in [4.78, 5) is 11.3. The molecule has 0 aliphatic rings. The standard InChI is InChI=1S/C12H10N4/c13-12-15-7-11(16-12)9-4-3-8-2-1-5-14-10(8)6-9/h1-7H,(H3,13,15,16). The zero-order valence-corrected chi connectivity index (χ0v) is 8.51. The fourth-order valence-corrected chi connectivity index (χ4v) is 1.72. The molecule has 2 heterocycles. The molecule has 0 aliphatic heterocycles. The Morgan fingerprint density at radius 3 is 2.88 bits per heavy atom. The van der Waals surface area contributed by atoms with E-state index in [0.717, 1.165) is 22.2 Å². The molecule has 0 fully saturated rings. The van der Waals surface area contributed by atoms with E-state index >= 15 is 0 Å². The van der Waals surface area contributed by atoms with Gasteiger partial charge in [-0.25, -0.2) is 4.98 Å². The minimum absolute atomic E-state index is 0.427. The number of nitrogen functional groups attached to an aromatic ring is 1. The van der Waals surface area contributed by atoms with E-state index in [4.69, 9.17) is 5.73 Å². The summed E-state index contributed by atoms with van der Waals surface area (Å²) >= 11 is 0. The van der Waals surface area contributed by atoms with Crippen LogP contribution in [0.4, 0.5) is 5.95 Å². The second-order valence-corrected chi connectivity index (χ2v) is 3.59. The fraction of sp³-hybridized carbons (Fsp3) is 0. The van der Waals surface area contributed by atoms with Gasteiger partial charge < -0.3 is 10.7 Å². The summed E-state index contributed by atoms with van der Waals surface area (Å²) in [7, 11) is 0. The molecule has 0 atom stereocenters. The molecule has 2 aromatic heterocycles. The van der Waals surface area contributed by atoms with Crippen molar-refractivity contribution in [1.29, 1.82) is 0 Å². The summed E-state index contributed by atoms with van der Waals surface area (Å²) < 4.78 is 0. The van der Waals surface area contributed by atoms with Crippen LogP contribution in [0.5, 0.6) is 0 Å². The van der Waals surface area contributed by atoms with Crippen LogP contribution in [0.25, 0.3) is 22.2 Å². The van der Waals surface area contributed by atoms with Gasteiger partial charge in [-0.05, 0) is 12.1 Å². The molecule has 0 aliphatic carbocycles. The van der Waals surface area contributed by atoms with Crippen molar-refractivity contribution in [3.63, 3.8) is 0 Å². The van der Waals surface area contributed by atoms with Crippen LogP contribution in [0.2, 0.25) is 0 Å². The third-order valence-electron chi connectivity index (χ3n) is 2.51. The molecule has 4 heteroatoms. The van der Waals surface area contributed by atoms with Crippen molar-refractivity contribution in [2.45, 2.75) is 0 Å². The number of nitrogens with one attached hydrogen (secondary N) is 1. The first-order chi connectivity index (χ1) is 7.83. The number of aromatic nitrogens is 3. The number of hydrogen-bond acceptors (Lipinski definition) is 3. The highest BCUT2D eigenvalue weighted by atomic mass is 15.0. The van der Waals surface area contributed by atoms with Gasteiger partial charge in [0.2, 0.25) is 0 Å². The predicted molar refractivity (Wildman–Crippen MR) is 63.7 cm³/mol. The zero-order valence-electron chi connectivity index (χ0n) is 8.51. The van der Waals surface area contributed by atoms with E-state index in [2.05, 4.69) is 15.0 Å². The van der Waals surface area contributed by atoms with Gasteiger partial charge in [0.1, 0.15) is 0 Å². The summed E-state index contributed by atoms with van der Waals surface area (Å²) in [5, 5.41) is 1.12. The number of nitrogens with zero attached hydrogens (tertiary/aromatic N) is 2. The van der Waals surface area contributed by atoms with Crippen LogP contribution in [0, 0.1) is 0 Å². The predicted octanol–water partition coefficient (Wildman–Crippen LogP) is 2.21. The molecule has 4 nitrogen and oxygen atoms in total. The maximum absolute atomic E-state index is 5.55. The third kappa shape index (κ3) is 1.40. The van der Waals surface area contributed by atoms with E-state index in [1.54, 1.807) is 12.4 Å². The highest BCUT2D eigenvalue weighted by Gasteiger charge is 2.02. The lowest BCUT2D eigenvalue weighted by atomic mass is 10.1. The van der Waals surface area contributed by atoms with Crippen molar-refractivity contribution >= 4 is 16.9 Å². The molecule has 0 saturated heterocycles. The minimum Gasteiger partial charge on any atom is -0.369 e. The summed E-state index contributed by atoms with van der Waals surface area (Å²) in [6, 6.07) is 10.0. The largest absolute Gasteiger partial charge is 0.369 e. The van der Waals surface area contributed by atoms with E-state index < -0.39 is 0 Å². The number of benzene rings is 1. The summed E-state index contributed by atoms with van der Waals surface area (Å²) in [5.74, 6) is 0.427. The van der Waals surface area contributed by atoms with E-state index in [-0.39, 0.29) is 0 Å². The van der Waals surface area contributed by atoms with Crippen molar-refractivity contribution in [3.05, 3.63) is 42.7 Å². The van der Waals surface area contributed by atoms with E-state index in [0.29, 0.717) is 5.95 Å². The Balaban J connectivity index is 2.18. The lowest BCUT2D eigenvalue weighted by Gasteiger charge is -2.00. The van der Waals surface area contributed by atoms with Gasteiger partial charge in [0.15, 0.2) is 5.95 Å². The number of imidazole rings is 1. The van der Waals surface area contributed by atoms with Crippen LogP contribution in [0.1, 0.15) is 0 Å². The smallest absolute Gasteiger partial charge is 0.197 e. The third-order valence-corrected chi connectivity index (χ3v) is 2.51. The molecule has 0 amide bonds. The molecule has 1 aromatic carbocycles. The highest BCUT2D eigenvalue weighted by molar-refractivity contribution is 5.83. The van der Waals surface area contributed by atoms with Crippen molar-refractivity contribution in [2.75, 3.05) is 5.73 Å². The van der Waals surface area contributed by atoms with E-state index in [9.17, 15) is 0 Å². The molecule has 3 rings (SSSR count). The first kappa shape index (κ1) is 8.91. The second kappa shape index (κ2) is 3.34. The molecule has 16 heavy (non-hydrogen) atoms. The molecule has 0 spiro atoms. The number of H-pyrrole nitrogens is 1. The Morgan fingerprint density at radius 2 is 2.06 bits per heavy atom. The van der Waals surface area contributed by atoms with E-state index in [1.165, 1.54) is 0 Å². The first-order valence-electron chi connectivity index (χ1n) is 4.98. The number of aromatic amines is 1. The number of fused-ring (bicyclic) bond motifs is 1. The number of pyridine rings is 1. The van der Waals surface area contributed by atoms with Gasteiger partial charge in [0.05, 0.1) is 17.4 Å². The van der Waals surface area contributed by atoms with E-state index in [1.807, 2.05) is 30.3 Å². The van der Waals surface area contributed by atoms with Gasteiger partial charge in [0.25, 0.3) is 0 Å². The average molecular weight is 210 g/mol. The number of rotatable bonds is 1. The monoisotopic (exact) mass is 210 g/mol. The number of nitrogens with two attached hydrogens (primary N) is 1. The normalized spacial score (nSPS) is 10.8. The molecule has 3 aromatic rings. The van der Waals surface area contributed by atoms with Gasteiger partial charge >= 0.3 is 0 Å². The maximum Gasteiger partial charge on any atom is 0.197 e. The Kier molecular flexibility index (Phi) is 1.86. The molecule has 0 radical (unpaired) electrons. The van der Waals surface area contributed by atoms with Crippen molar-refractivity contribution < 1.29 is 0 Å². The Bertz CT molecular complexity index is 642. The Hall–Kier alpha value is -2.36. The minimum atomic E-state index is 0.427. The lowest BCUT2D eigenvalue weighted by Crippen LogP contribution is -1.86. The zero-order chi connectivity index (χ0) is 11.0. The topological polar surface area (TPSA) is 67.6 Å². The summed E-state index contributed by atoms with van der Waals surface area (Å²) in [6.07, 6.45) is 3.51. The quantitative estimate of drug-likeness (QED) is 0.647. The molecule has 0 saturated carbocycles. The van der Waals surface area contributed by atoms with Crippen molar-refractivity contribution in [2.24, 2.45) is 0 Å². The molecule has 0 unspecified atom stereocenters. The highest BCUT2D eigenvalue weighted by Crippen LogP contribution is 2.21. The van der Waals surface area contributed by atoms with Crippen LogP contribution in [-0.4, -0.2) is 15.0 Å². The van der Waals surface area contributed by atoms with Crippen LogP contribution in [0.15, 0.2) is 42.7 Å². The summed E-state index contributed by atoms with van der Waals surface area (Å²) in [6.45, 7) is 0. The molecule has 0 bridgehead atoms. The second-order valence-electron chi connectivity index (χ2n) is 3.59. The van der Waals surface area contributed by atoms with Gasteiger partial charge in [0, 0.05) is 17.1 Å². The van der Waals surface area contributed by atoms with Crippen LogP contribution < -0.4 is 5.73 Å². The Labute approximate surface area is 92.2 Å². The fourth-order valence-electron chi connectivity index (χ4n) is 1.72. The van der Waals surface area contributed by atoms with Gasteiger partial charge in [-0.1, -0.05) is 18.2 Å². The Morgan fingerprint density at radius 1 is 1.12 bits per heavy atom. The van der Waals surface area contributed by atoms with Crippen molar-refractivity contribution in [3.8, 4) is 11.3 Å². The molecular formula is C12H10N4. The average Bonchev–Trinajstić information content (AvgIpc) is 2.75. The number of anilines is 1. The first-order valence-corrected chi connectivity index (χ1v) is 4.98. The van der Waals surface area contributed by atoms with Gasteiger partial charge in [-0.2, -0.15) is 0 Å². The lowest BCUT2D eigenvalue weighted by molar-refractivity contribution is 1.32. The molecule has 78 valence electrons. The van der Waals surface area contributed by atoms with Crippen LogP contribution in [-0.2, 0) is 0 Å². The van der Waals surface area contributed by atoms with Crippen molar-refractivity contribution in [1.82, 2.24) is 15.0 Å².